The quantitative estimate of drug-likeness (QED) is 0.361. The summed E-state index contributed by atoms with van der Waals surface area (Å²) in [5, 5.41) is 14.0. The Bertz CT molecular complexity index is 41.3. The Morgan fingerprint density at radius 3 is 1.31 bits per heavy atom. The van der Waals surface area contributed by atoms with Crippen molar-refractivity contribution >= 4 is 0 Å². The molecule has 0 aliphatic rings. The minimum Gasteiger partial charge on any atom is -0.400 e. The maximum Gasteiger partial charge on any atom is 2.00 e. The molecule has 0 bridgehead atoms. The van der Waals surface area contributed by atoms with Gasteiger partial charge in [0.05, 0.1) is 0 Å². The molecule has 0 heterocycles. The van der Waals surface area contributed by atoms with Crippen molar-refractivity contribution in [1.82, 2.24) is 0 Å². The van der Waals surface area contributed by atoms with E-state index in [9.17, 15) is 0 Å². The van der Waals surface area contributed by atoms with Crippen LogP contribution < -0.4 is 11.5 Å². The predicted molar refractivity (Wildman–Crippen MR) is 54.3 cm³/mol. The third kappa shape index (κ3) is 214. The Morgan fingerprint density at radius 2 is 1.31 bits per heavy atom. The van der Waals surface area contributed by atoms with Gasteiger partial charge in [0.15, 0.2) is 0 Å². The first-order valence-corrected chi connectivity index (χ1v) is 3.66. The number of hydrogen-bond acceptors (Lipinski definition) is 4. The summed E-state index contributed by atoms with van der Waals surface area (Å²) in [7, 11) is 2.00. The summed E-state index contributed by atoms with van der Waals surface area (Å²) >= 11 is 0. The SMILES string of the molecule is CO.CO.[CH2-]C(N)CC.[CH2-]CN.[Ti+2]. The molecule has 1 unspecified atom stereocenters. The molecule has 0 aliphatic carbocycles. The van der Waals surface area contributed by atoms with Gasteiger partial charge in [0, 0.05) is 14.2 Å². The van der Waals surface area contributed by atoms with Crippen LogP contribution in [-0.4, -0.2) is 37.0 Å². The Hall–Kier alpha value is 0.554. The number of hydrogen-bond donors (Lipinski definition) is 4. The van der Waals surface area contributed by atoms with Crippen LogP contribution in [0.1, 0.15) is 13.3 Å². The van der Waals surface area contributed by atoms with Crippen LogP contribution in [0.15, 0.2) is 0 Å². The van der Waals surface area contributed by atoms with E-state index in [1.165, 1.54) is 0 Å². The van der Waals surface area contributed by atoms with Gasteiger partial charge < -0.3 is 35.5 Å². The zero-order chi connectivity index (χ0) is 11.0. The summed E-state index contributed by atoms with van der Waals surface area (Å²) in [4.78, 5) is 0. The zero-order valence-electron chi connectivity index (χ0n) is 8.95. The van der Waals surface area contributed by atoms with E-state index in [0.717, 1.165) is 20.6 Å². The van der Waals surface area contributed by atoms with E-state index in [4.69, 9.17) is 21.7 Å². The number of nitrogens with two attached hydrogens (primary N) is 2. The van der Waals surface area contributed by atoms with Crippen molar-refractivity contribution in [1.29, 1.82) is 0 Å². The Balaban J connectivity index is -0.0000000235. The second-order valence-electron chi connectivity index (χ2n) is 1.46. The first kappa shape index (κ1) is 29.2. The summed E-state index contributed by atoms with van der Waals surface area (Å²) in [5.74, 6) is 0. The maximum absolute atomic E-state index is 7.00. The monoisotopic (exact) mass is 228 g/mol. The summed E-state index contributed by atoms with van der Waals surface area (Å²) < 4.78 is 0. The number of aliphatic hydroxyl groups is 2. The summed E-state index contributed by atoms with van der Waals surface area (Å²) in [6.45, 7) is 9.31. The molecular formula is C8H24N2O2Ti. The van der Waals surface area contributed by atoms with Crippen molar-refractivity contribution in [2.24, 2.45) is 11.5 Å². The Kier molecular flexibility index (Phi) is 122. The molecule has 4 nitrogen and oxygen atoms in total. The molecule has 0 aromatic heterocycles. The van der Waals surface area contributed by atoms with Gasteiger partial charge in [-0.1, -0.05) is 13.3 Å². The van der Waals surface area contributed by atoms with Crippen LogP contribution in [0.2, 0.25) is 0 Å². The summed E-state index contributed by atoms with van der Waals surface area (Å²) in [6.07, 6.45) is 0.972. The minimum absolute atomic E-state index is 0. The van der Waals surface area contributed by atoms with Crippen molar-refractivity contribution in [3.05, 3.63) is 13.8 Å². The number of aliphatic hydroxyl groups excluding tert-OH is 2. The molecule has 0 saturated carbocycles. The van der Waals surface area contributed by atoms with Crippen molar-refractivity contribution in [2.75, 3.05) is 20.8 Å². The molecular weight excluding hydrogens is 204 g/mol. The Labute approximate surface area is 97.6 Å². The van der Waals surface area contributed by atoms with Crippen molar-refractivity contribution in [2.45, 2.75) is 19.4 Å². The second-order valence-corrected chi connectivity index (χ2v) is 1.46. The molecule has 0 aromatic rings. The molecule has 0 fully saturated rings. The minimum atomic E-state index is 0. The average Bonchev–Trinajstić information content (AvgIpc) is 2.13. The standard InChI is InChI=1S/C4H10N.C2H6N.2CH4O.Ti/c1-3-4(2)5;1-2-3;2*1-2;/h4H,2-3,5H2,1H3;1-3H2;2*2H,1H3;/q2*-1;;;+2. The molecule has 1 atom stereocenters. The second kappa shape index (κ2) is 54.3. The third-order valence-electron chi connectivity index (χ3n) is 0.524. The van der Waals surface area contributed by atoms with E-state index in [2.05, 4.69) is 13.8 Å². The molecule has 0 radical (unpaired) electrons. The largest absolute Gasteiger partial charge is 2.00 e. The van der Waals surface area contributed by atoms with E-state index < -0.39 is 0 Å². The first-order valence-electron chi connectivity index (χ1n) is 3.66. The Morgan fingerprint density at radius 1 is 1.23 bits per heavy atom. The molecule has 6 N–H and O–H groups in total. The van der Waals surface area contributed by atoms with E-state index in [0.29, 0.717) is 6.54 Å². The van der Waals surface area contributed by atoms with Crippen LogP contribution >= 0.6 is 0 Å². The molecule has 0 amide bonds. The zero-order valence-corrected chi connectivity index (χ0v) is 10.5. The van der Waals surface area contributed by atoms with Gasteiger partial charge in [-0.2, -0.15) is 0 Å². The van der Waals surface area contributed by atoms with E-state index in [-0.39, 0.29) is 27.8 Å². The van der Waals surface area contributed by atoms with Gasteiger partial charge in [0.1, 0.15) is 0 Å². The van der Waals surface area contributed by atoms with Crippen LogP contribution in [0.3, 0.4) is 0 Å². The fourth-order valence-corrected chi connectivity index (χ4v) is 0. The van der Waals surface area contributed by atoms with Crippen molar-refractivity contribution in [3.8, 4) is 0 Å². The molecule has 0 rings (SSSR count). The third-order valence-corrected chi connectivity index (χ3v) is 0.524. The normalized spacial score (nSPS) is 8.08. The maximum atomic E-state index is 7.00. The van der Waals surface area contributed by atoms with Gasteiger partial charge in [-0.25, -0.2) is 0 Å². The molecule has 0 aliphatic heterocycles. The molecule has 13 heavy (non-hydrogen) atoms. The van der Waals surface area contributed by atoms with Crippen LogP contribution in [0, 0.1) is 13.8 Å². The van der Waals surface area contributed by atoms with Gasteiger partial charge in [-0.3, -0.25) is 0 Å². The first-order chi connectivity index (χ1) is 5.68. The van der Waals surface area contributed by atoms with Crippen molar-refractivity contribution < 1.29 is 31.9 Å². The van der Waals surface area contributed by atoms with Crippen LogP contribution in [0.4, 0.5) is 0 Å². The van der Waals surface area contributed by atoms with E-state index in [1.54, 1.807) is 0 Å². The average molecular weight is 228 g/mol. The van der Waals surface area contributed by atoms with Crippen molar-refractivity contribution in [3.63, 3.8) is 0 Å². The topological polar surface area (TPSA) is 92.5 Å². The fourth-order valence-electron chi connectivity index (χ4n) is 0. The summed E-state index contributed by atoms with van der Waals surface area (Å²) in [5.41, 5.74) is 9.92. The molecule has 82 valence electrons. The van der Waals surface area contributed by atoms with Crippen LogP contribution in [0.5, 0.6) is 0 Å². The molecule has 0 aromatic carbocycles. The van der Waals surface area contributed by atoms with Gasteiger partial charge in [-0.15, -0.1) is 12.6 Å². The van der Waals surface area contributed by atoms with Gasteiger partial charge >= 0.3 is 21.7 Å². The molecule has 0 saturated heterocycles. The van der Waals surface area contributed by atoms with Gasteiger partial charge in [0.25, 0.3) is 0 Å². The van der Waals surface area contributed by atoms with Gasteiger partial charge in [0.2, 0.25) is 0 Å². The van der Waals surface area contributed by atoms with Crippen LogP contribution in [-0.2, 0) is 21.7 Å². The fraction of sp³-hybridized carbons (Fsp3) is 0.750. The summed E-state index contributed by atoms with van der Waals surface area (Å²) in [6, 6.07) is 0.134. The van der Waals surface area contributed by atoms with Gasteiger partial charge in [-0.05, 0) is 0 Å². The molecule has 5 heteroatoms. The smallest absolute Gasteiger partial charge is 0.400 e. The van der Waals surface area contributed by atoms with E-state index in [1.807, 2.05) is 6.92 Å². The number of rotatable bonds is 1. The molecule has 0 spiro atoms. The van der Waals surface area contributed by atoms with E-state index >= 15 is 0 Å². The predicted octanol–water partition coefficient (Wildman–Crippen LogP) is -0.449. The van der Waals surface area contributed by atoms with Crippen LogP contribution in [0.25, 0.3) is 0 Å².